The van der Waals surface area contributed by atoms with Crippen LogP contribution >= 0.6 is 23.2 Å². The van der Waals surface area contributed by atoms with E-state index in [0.717, 1.165) is 10.9 Å². The summed E-state index contributed by atoms with van der Waals surface area (Å²) in [6, 6.07) is 14.6. The van der Waals surface area contributed by atoms with Crippen LogP contribution in [0.25, 0.3) is 16.6 Å². The minimum atomic E-state index is 0.117. The molecule has 1 aromatic heterocycles. The molecular weight excluding hydrogens is 269 g/mol. The molecule has 0 amide bonds. The zero-order valence-corrected chi connectivity index (χ0v) is 10.8. The number of benzene rings is 2. The van der Waals surface area contributed by atoms with Gasteiger partial charge >= 0.3 is 0 Å². The molecule has 1 heterocycles. The molecule has 0 aliphatic heterocycles. The van der Waals surface area contributed by atoms with Crippen LogP contribution in [0.1, 0.15) is 0 Å². The van der Waals surface area contributed by atoms with Crippen molar-refractivity contribution in [2.75, 3.05) is 0 Å². The van der Waals surface area contributed by atoms with Gasteiger partial charge < -0.3 is 5.11 Å². The van der Waals surface area contributed by atoms with Crippen LogP contribution < -0.4 is 0 Å². The molecule has 0 aliphatic rings. The van der Waals surface area contributed by atoms with Gasteiger partial charge in [-0.2, -0.15) is 0 Å². The van der Waals surface area contributed by atoms with Gasteiger partial charge in [0.25, 0.3) is 0 Å². The van der Waals surface area contributed by atoms with Gasteiger partial charge in [-0.3, -0.25) is 4.57 Å². The minimum absolute atomic E-state index is 0.117. The van der Waals surface area contributed by atoms with Gasteiger partial charge in [-0.1, -0.05) is 47.5 Å². The van der Waals surface area contributed by atoms with Crippen LogP contribution in [0, 0.1) is 0 Å². The molecular formula is C14H9Cl2NO. The van der Waals surface area contributed by atoms with Gasteiger partial charge in [-0.05, 0) is 18.2 Å². The highest BCUT2D eigenvalue weighted by atomic mass is 35.5. The molecule has 0 atom stereocenters. The predicted octanol–water partition coefficient (Wildman–Crippen LogP) is 4.64. The molecule has 0 saturated heterocycles. The first-order valence-corrected chi connectivity index (χ1v) is 6.18. The Hall–Kier alpha value is -1.64. The maximum atomic E-state index is 10.1. The van der Waals surface area contributed by atoms with Crippen molar-refractivity contribution < 1.29 is 5.11 Å². The lowest BCUT2D eigenvalue weighted by molar-refractivity contribution is 0.445. The van der Waals surface area contributed by atoms with E-state index in [9.17, 15) is 5.11 Å². The van der Waals surface area contributed by atoms with E-state index in [1.165, 1.54) is 0 Å². The second kappa shape index (κ2) is 4.23. The summed E-state index contributed by atoms with van der Waals surface area (Å²) >= 11 is 12.4. The Kier molecular flexibility index (Phi) is 2.69. The summed E-state index contributed by atoms with van der Waals surface area (Å²) in [6.07, 6.45) is 0. The monoisotopic (exact) mass is 277 g/mol. The normalized spacial score (nSPS) is 11.0. The molecule has 0 radical (unpaired) electrons. The number of aromatic hydroxyl groups is 1. The van der Waals surface area contributed by atoms with Crippen molar-refractivity contribution in [1.82, 2.24) is 4.57 Å². The standard InChI is InChI=1S/C14H9Cl2NO/c15-10-5-3-6-11(16)14(10)17-12-7-2-1-4-9(12)8-13(17)18/h1-8,18H. The second-order valence-corrected chi connectivity index (χ2v) is 4.78. The molecule has 0 fully saturated rings. The third-order valence-electron chi connectivity index (χ3n) is 2.85. The smallest absolute Gasteiger partial charge is 0.196 e. The highest BCUT2D eigenvalue weighted by Gasteiger charge is 2.14. The molecule has 3 rings (SSSR count). The van der Waals surface area contributed by atoms with Gasteiger partial charge in [-0.15, -0.1) is 0 Å². The SMILES string of the molecule is Oc1cc2ccccc2n1-c1c(Cl)cccc1Cl. The lowest BCUT2D eigenvalue weighted by atomic mass is 10.2. The Balaban J connectivity index is 2.42. The van der Waals surface area contributed by atoms with E-state index in [-0.39, 0.29) is 5.88 Å². The first kappa shape index (κ1) is 11.5. The highest BCUT2D eigenvalue weighted by molar-refractivity contribution is 6.37. The van der Waals surface area contributed by atoms with Crippen LogP contribution in [0.4, 0.5) is 0 Å². The fraction of sp³-hybridized carbons (Fsp3) is 0. The number of hydrogen-bond donors (Lipinski definition) is 1. The summed E-state index contributed by atoms with van der Waals surface area (Å²) in [5, 5.41) is 12.0. The minimum Gasteiger partial charge on any atom is -0.494 e. The van der Waals surface area contributed by atoms with Gasteiger partial charge in [0.15, 0.2) is 5.88 Å². The summed E-state index contributed by atoms with van der Waals surface area (Å²) in [6.45, 7) is 0. The van der Waals surface area contributed by atoms with Crippen LogP contribution in [0.2, 0.25) is 10.0 Å². The predicted molar refractivity (Wildman–Crippen MR) is 75.0 cm³/mol. The quantitative estimate of drug-likeness (QED) is 0.689. The molecule has 0 unspecified atom stereocenters. The van der Waals surface area contributed by atoms with E-state index >= 15 is 0 Å². The summed E-state index contributed by atoms with van der Waals surface area (Å²) < 4.78 is 1.65. The van der Waals surface area contributed by atoms with Crippen molar-refractivity contribution in [3.63, 3.8) is 0 Å². The fourth-order valence-corrected chi connectivity index (χ4v) is 2.64. The largest absolute Gasteiger partial charge is 0.494 e. The van der Waals surface area contributed by atoms with Gasteiger partial charge in [0.1, 0.15) is 0 Å². The van der Waals surface area contributed by atoms with E-state index in [4.69, 9.17) is 23.2 Å². The average molecular weight is 278 g/mol. The molecule has 90 valence electrons. The Morgan fingerprint density at radius 2 is 1.56 bits per heavy atom. The zero-order valence-electron chi connectivity index (χ0n) is 9.27. The molecule has 4 heteroatoms. The van der Waals surface area contributed by atoms with Crippen molar-refractivity contribution in [2.45, 2.75) is 0 Å². The molecule has 2 nitrogen and oxygen atoms in total. The number of aromatic nitrogens is 1. The number of hydrogen-bond acceptors (Lipinski definition) is 1. The van der Waals surface area contributed by atoms with Crippen molar-refractivity contribution in [1.29, 1.82) is 0 Å². The third-order valence-corrected chi connectivity index (χ3v) is 3.46. The maximum absolute atomic E-state index is 10.1. The lowest BCUT2D eigenvalue weighted by Gasteiger charge is -2.11. The molecule has 0 aliphatic carbocycles. The van der Waals surface area contributed by atoms with Crippen LogP contribution in [0.15, 0.2) is 48.5 Å². The Morgan fingerprint density at radius 3 is 2.28 bits per heavy atom. The van der Waals surface area contributed by atoms with Gasteiger partial charge in [0.2, 0.25) is 0 Å². The molecule has 3 aromatic rings. The van der Waals surface area contributed by atoms with E-state index in [2.05, 4.69) is 0 Å². The van der Waals surface area contributed by atoms with Crippen molar-refractivity contribution >= 4 is 34.1 Å². The van der Waals surface area contributed by atoms with Crippen molar-refractivity contribution in [2.24, 2.45) is 0 Å². The number of halogens is 2. The Morgan fingerprint density at radius 1 is 0.889 bits per heavy atom. The fourth-order valence-electron chi connectivity index (χ4n) is 2.08. The molecule has 1 N–H and O–H groups in total. The van der Waals surface area contributed by atoms with Gasteiger partial charge in [-0.25, -0.2) is 0 Å². The highest BCUT2D eigenvalue weighted by Crippen LogP contribution is 2.35. The summed E-state index contributed by atoms with van der Waals surface area (Å²) in [5.41, 5.74) is 1.46. The van der Waals surface area contributed by atoms with Crippen molar-refractivity contribution in [3.8, 4) is 11.6 Å². The Bertz CT molecular complexity index is 713. The third kappa shape index (κ3) is 1.65. The van der Waals surface area contributed by atoms with Crippen LogP contribution in [0.3, 0.4) is 0 Å². The van der Waals surface area contributed by atoms with Crippen molar-refractivity contribution in [3.05, 3.63) is 58.6 Å². The number of para-hydroxylation sites is 2. The molecule has 18 heavy (non-hydrogen) atoms. The molecule has 0 saturated carbocycles. The van der Waals surface area contributed by atoms with Crippen LogP contribution in [-0.2, 0) is 0 Å². The van der Waals surface area contributed by atoms with Crippen LogP contribution in [0.5, 0.6) is 5.88 Å². The van der Waals surface area contributed by atoms with E-state index in [0.29, 0.717) is 15.7 Å². The maximum Gasteiger partial charge on any atom is 0.196 e. The first-order chi connectivity index (χ1) is 8.68. The summed E-state index contributed by atoms with van der Waals surface area (Å²) in [4.78, 5) is 0. The van der Waals surface area contributed by atoms with Gasteiger partial charge in [0.05, 0.1) is 21.2 Å². The van der Waals surface area contributed by atoms with E-state index in [1.54, 1.807) is 28.8 Å². The number of rotatable bonds is 1. The zero-order chi connectivity index (χ0) is 12.7. The molecule has 2 aromatic carbocycles. The summed E-state index contributed by atoms with van der Waals surface area (Å²) in [5.74, 6) is 0.117. The first-order valence-electron chi connectivity index (χ1n) is 5.42. The van der Waals surface area contributed by atoms with E-state index in [1.807, 2.05) is 24.3 Å². The summed E-state index contributed by atoms with van der Waals surface area (Å²) in [7, 11) is 0. The topological polar surface area (TPSA) is 25.2 Å². The second-order valence-electron chi connectivity index (χ2n) is 3.97. The molecule has 0 spiro atoms. The average Bonchev–Trinajstić information content (AvgIpc) is 2.66. The van der Waals surface area contributed by atoms with E-state index < -0.39 is 0 Å². The number of fused-ring (bicyclic) bond motifs is 1. The van der Waals surface area contributed by atoms with Crippen LogP contribution in [-0.4, -0.2) is 9.67 Å². The number of nitrogens with zero attached hydrogens (tertiary/aromatic N) is 1. The lowest BCUT2D eigenvalue weighted by Crippen LogP contribution is -1.95. The Labute approximate surface area is 114 Å². The van der Waals surface area contributed by atoms with Gasteiger partial charge in [0, 0.05) is 11.5 Å². The molecule has 0 bridgehead atoms.